The van der Waals surface area contributed by atoms with Crippen LogP contribution in [0.25, 0.3) is 0 Å². The van der Waals surface area contributed by atoms with E-state index >= 15 is 0 Å². The Labute approximate surface area is 109 Å². The zero-order chi connectivity index (χ0) is 12.1. The summed E-state index contributed by atoms with van der Waals surface area (Å²) in [6.07, 6.45) is 16.7. The van der Waals surface area contributed by atoms with E-state index in [0.29, 0.717) is 0 Å². The van der Waals surface area contributed by atoms with E-state index in [-0.39, 0.29) is 0 Å². The summed E-state index contributed by atoms with van der Waals surface area (Å²) in [5.74, 6) is 4.31. The molecule has 2 aliphatic carbocycles. The molecular weight excluding hydrogens is 204 g/mol. The van der Waals surface area contributed by atoms with E-state index in [9.17, 15) is 0 Å². The average Bonchev–Trinajstić information content (AvgIpc) is 2.72. The number of hydrogen-bond acceptors (Lipinski definition) is 0. The van der Waals surface area contributed by atoms with Crippen molar-refractivity contribution in [1.29, 1.82) is 0 Å². The van der Waals surface area contributed by atoms with Crippen molar-refractivity contribution in [3.63, 3.8) is 0 Å². The Kier molecular flexibility index (Phi) is 5.38. The predicted octanol–water partition coefficient (Wildman–Crippen LogP) is 5.81. The van der Waals surface area contributed by atoms with Crippen LogP contribution in [0.15, 0.2) is 0 Å². The first kappa shape index (κ1) is 13.4. The highest BCUT2D eigenvalue weighted by atomic mass is 14.4. The fraction of sp³-hybridized carbons (Fsp3) is 1.00. The lowest BCUT2D eigenvalue weighted by Gasteiger charge is -2.27. The monoisotopic (exact) mass is 236 g/mol. The molecule has 2 aliphatic rings. The van der Waals surface area contributed by atoms with Gasteiger partial charge in [-0.1, -0.05) is 71.6 Å². The second-order valence-corrected chi connectivity index (χ2v) is 6.95. The first-order valence-corrected chi connectivity index (χ1v) is 8.29. The first-order valence-electron chi connectivity index (χ1n) is 8.29. The summed E-state index contributed by atoms with van der Waals surface area (Å²) in [6, 6.07) is 0. The highest BCUT2D eigenvalue weighted by Crippen LogP contribution is 2.42. The van der Waals surface area contributed by atoms with E-state index in [2.05, 4.69) is 13.8 Å². The molecule has 2 atom stereocenters. The third kappa shape index (κ3) is 4.00. The molecule has 2 unspecified atom stereocenters. The highest BCUT2D eigenvalue weighted by Gasteiger charge is 2.30. The lowest BCUT2D eigenvalue weighted by molar-refractivity contribution is 0.244. The third-order valence-corrected chi connectivity index (χ3v) is 5.49. The average molecular weight is 236 g/mol. The van der Waals surface area contributed by atoms with Gasteiger partial charge in [0.25, 0.3) is 0 Å². The van der Waals surface area contributed by atoms with Gasteiger partial charge in [0, 0.05) is 0 Å². The van der Waals surface area contributed by atoms with Gasteiger partial charge in [0.05, 0.1) is 0 Å². The van der Waals surface area contributed by atoms with Crippen LogP contribution in [-0.4, -0.2) is 0 Å². The second-order valence-electron chi connectivity index (χ2n) is 6.95. The summed E-state index contributed by atoms with van der Waals surface area (Å²) in [4.78, 5) is 0. The van der Waals surface area contributed by atoms with E-state index in [4.69, 9.17) is 0 Å². The number of rotatable bonds is 3. The maximum absolute atomic E-state index is 2.45. The first-order chi connectivity index (χ1) is 8.29. The molecule has 0 aromatic carbocycles. The fourth-order valence-corrected chi connectivity index (χ4v) is 4.43. The summed E-state index contributed by atoms with van der Waals surface area (Å²) >= 11 is 0. The molecule has 0 amide bonds. The molecule has 0 nitrogen and oxygen atoms in total. The molecule has 0 spiro atoms. The van der Waals surface area contributed by atoms with Gasteiger partial charge in [0.2, 0.25) is 0 Å². The van der Waals surface area contributed by atoms with E-state index < -0.39 is 0 Å². The van der Waals surface area contributed by atoms with Crippen molar-refractivity contribution >= 4 is 0 Å². The fourth-order valence-electron chi connectivity index (χ4n) is 4.43. The molecule has 2 fully saturated rings. The summed E-state index contributed by atoms with van der Waals surface area (Å²) in [6.45, 7) is 4.80. The van der Waals surface area contributed by atoms with Gasteiger partial charge < -0.3 is 0 Å². The van der Waals surface area contributed by atoms with Crippen LogP contribution >= 0.6 is 0 Å². The number of hydrogen-bond donors (Lipinski definition) is 0. The van der Waals surface area contributed by atoms with Gasteiger partial charge in [-0.15, -0.1) is 0 Å². The van der Waals surface area contributed by atoms with Crippen LogP contribution in [-0.2, 0) is 0 Å². The minimum Gasteiger partial charge on any atom is -0.0654 e. The van der Waals surface area contributed by atoms with Gasteiger partial charge in [-0.05, 0) is 36.5 Å². The van der Waals surface area contributed by atoms with E-state index in [1.807, 2.05) is 0 Å². The Balaban J connectivity index is 1.77. The normalized spacial score (nSPS) is 39.9. The van der Waals surface area contributed by atoms with Crippen molar-refractivity contribution in [3.8, 4) is 0 Å². The molecule has 17 heavy (non-hydrogen) atoms. The highest BCUT2D eigenvalue weighted by molar-refractivity contribution is 4.81. The molecule has 2 saturated carbocycles. The molecule has 0 heterocycles. The van der Waals surface area contributed by atoms with Gasteiger partial charge in [-0.3, -0.25) is 0 Å². The second kappa shape index (κ2) is 6.81. The Morgan fingerprint density at radius 3 is 2.18 bits per heavy atom. The molecule has 0 radical (unpaired) electrons. The maximum atomic E-state index is 2.45. The minimum absolute atomic E-state index is 1.01. The summed E-state index contributed by atoms with van der Waals surface area (Å²) in [7, 11) is 0. The smallest absolute Gasteiger partial charge is 0.0383 e. The van der Waals surface area contributed by atoms with Crippen LogP contribution in [0.3, 0.4) is 0 Å². The Bertz CT molecular complexity index is 198. The van der Waals surface area contributed by atoms with Crippen LogP contribution < -0.4 is 0 Å². The van der Waals surface area contributed by atoms with Crippen molar-refractivity contribution in [2.45, 2.75) is 84.5 Å². The molecule has 0 bridgehead atoms. The lowest BCUT2D eigenvalue weighted by atomic mass is 9.78. The van der Waals surface area contributed by atoms with Crippen LogP contribution in [0.4, 0.5) is 0 Å². The molecule has 0 saturated heterocycles. The van der Waals surface area contributed by atoms with Crippen LogP contribution in [0.2, 0.25) is 0 Å². The minimum atomic E-state index is 1.01. The molecular formula is C17H32. The van der Waals surface area contributed by atoms with E-state index in [1.165, 1.54) is 38.5 Å². The molecule has 0 N–H and O–H groups in total. The summed E-state index contributed by atoms with van der Waals surface area (Å²) in [5, 5.41) is 0. The molecule has 0 aromatic rings. The molecule has 0 aliphatic heterocycles. The van der Waals surface area contributed by atoms with E-state index in [1.54, 1.807) is 32.1 Å². The lowest BCUT2D eigenvalue weighted by Crippen LogP contribution is -2.15. The standard InChI is InChI=1S/C17H32/c1-3-6-15-11-12-17(13-15)16-9-4-7-14(2)8-5-10-16/h14-17H,3-13H2,1-2H3. The molecule has 0 heteroatoms. The van der Waals surface area contributed by atoms with Crippen LogP contribution in [0, 0.1) is 23.7 Å². The van der Waals surface area contributed by atoms with Gasteiger partial charge in [-0.25, -0.2) is 0 Å². The van der Waals surface area contributed by atoms with Gasteiger partial charge in [-0.2, -0.15) is 0 Å². The van der Waals surface area contributed by atoms with E-state index in [0.717, 1.165) is 23.7 Å². The van der Waals surface area contributed by atoms with Gasteiger partial charge in [0.15, 0.2) is 0 Å². The third-order valence-electron chi connectivity index (χ3n) is 5.49. The van der Waals surface area contributed by atoms with Gasteiger partial charge >= 0.3 is 0 Å². The molecule has 100 valence electrons. The van der Waals surface area contributed by atoms with Gasteiger partial charge in [0.1, 0.15) is 0 Å². The molecule has 2 rings (SSSR count). The zero-order valence-corrected chi connectivity index (χ0v) is 12.1. The van der Waals surface area contributed by atoms with Crippen molar-refractivity contribution < 1.29 is 0 Å². The topological polar surface area (TPSA) is 0 Å². The van der Waals surface area contributed by atoms with Crippen molar-refractivity contribution in [2.24, 2.45) is 23.7 Å². The van der Waals surface area contributed by atoms with Crippen molar-refractivity contribution in [2.75, 3.05) is 0 Å². The largest absolute Gasteiger partial charge is 0.0654 e. The summed E-state index contributed by atoms with van der Waals surface area (Å²) in [5.41, 5.74) is 0. The SMILES string of the molecule is CCCC1CCC(C2CCCC(C)CCC2)C1. The zero-order valence-electron chi connectivity index (χ0n) is 12.1. The quantitative estimate of drug-likeness (QED) is 0.580. The van der Waals surface area contributed by atoms with Crippen LogP contribution in [0.5, 0.6) is 0 Å². The molecule has 0 aromatic heterocycles. The Morgan fingerprint density at radius 2 is 1.53 bits per heavy atom. The Hall–Kier alpha value is 0. The Morgan fingerprint density at radius 1 is 0.824 bits per heavy atom. The van der Waals surface area contributed by atoms with Crippen molar-refractivity contribution in [1.82, 2.24) is 0 Å². The summed E-state index contributed by atoms with van der Waals surface area (Å²) < 4.78 is 0. The van der Waals surface area contributed by atoms with Crippen molar-refractivity contribution in [3.05, 3.63) is 0 Å². The predicted molar refractivity (Wildman–Crippen MR) is 76.1 cm³/mol. The van der Waals surface area contributed by atoms with Crippen LogP contribution in [0.1, 0.15) is 84.5 Å². The maximum Gasteiger partial charge on any atom is -0.0383 e.